The van der Waals surface area contributed by atoms with Crippen LogP contribution >= 0.6 is 11.6 Å². The Hall–Kier alpha value is -2.05. The molecular weight excluding hydrogens is 342 g/mol. The Labute approximate surface area is 151 Å². The van der Waals surface area contributed by atoms with Gasteiger partial charge >= 0.3 is 11.9 Å². The minimum atomic E-state index is -0.299. The van der Waals surface area contributed by atoms with Crippen LogP contribution < -0.4 is 10.1 Å². The van der Waals surface area contributed by atoms with Crippen molar-refractivity contribution in [1.82, 2.24) is 15.2 Å². The molecule has 3 fully saturated rings. The van der Waals surface area contributed by atoms with Crippen molar-refractivity contribution in [3.05, 3.63) is 41.4 Å². The zero-order valence-corrected chi connectivity index (χ0v) is 14.7. The van der Waals surface area contributed by atoms with Crippen LogP contribution in [0.5, 0.6) is 11.7 Å². The second-order valence-electron chi connectivity index (χ2n) is 6.66. The smallest absolute Gasteiger partial charge is 0.311 e. The highest BCUT2D eigenvalue weighted by Gasteiger charge is 2.40. The largest absolute Gasteiger partial charge is 0.425 e. The average Bonchev–Trinajstić information content (AvgIpc) is 3.07. The number of ether oxygens (including phenoxy) is 1. The third-order valence-electron chi connectivity index (χ3n) is 5.17. The van der Waals surface area contributed by atoms with Crippen LogP contribution in [-0.4, -0.2) is 41.0 Å². The van der Waals surface area contributed by atoms with Gasteiger partial charge in [-0.3, -0.25) is 9.69 Å². The van der Waals surface area contributed by atoms with Crippen molar-refractivity contribution in [2.24, 2.45) is 5.92 Å². The molecule has 0 aliphatic carbocycles. The Morgan fingerprint density at radius 1 is 1.40 bits per heavy atom. The predicted molar refractivity (Wildman–Crippen MR) is 93.0 cm³/mol. The minimum Gasteiger partial charge on any atom is -0.425 e. The standard InChI is InChI=1S/C18H20ClN3O3/c1-11-16(12-5-7-22(11)8-6-12)21-17(23)18-20-10-15(25-18)24-14-4-2-3-13(19)9-14/h2-4,9-12,16H,5-8H2,1H3,(H,21,23). The second kappa shape index (κ2) is 6.69. The molecule has 2 aromatic rings. The van der Waals surface area contributed by atoms with Crippen molar-refractivity contribution in [3.8, 4) is 11.7 Å². The molecule has 0 radical (unpaired) electrons. The van der Waals surface area contributed by atoms with E-state index in [2.05, 4.69) is 22.1 Å². The molecule has 7 heteroatoms. The summed E-state index contributed by atoms with van der Waals surface area (Å²) in [5.41, 5.74) is 0. The molecule has 1 N–H and O–H groups in total. The summed E-state index contributed by atoms with van der Waals surface area (Å²) in [6.45, 7) is 4.41. The van der Waals surface area contributed by atoms with Crippen LogP contribution in [0, 0.1) is 5.92 Å². The number of carbonyl (C=O) groups is 1. The molecule has 1 aromatic carbocycles. The van der Waals surface area contributed by atoms with Gasteiger partial charge in [0.2, 0.25) is 0 Å². The lowest BCUT2D eigenvalue weighted by Crippen LogP contribution is -2.62. The first-order chi connectivity index (χ1) is 12.1. The van der Waals surface area contributed by atoms with Crippen LogP contribution in [-0.2, 0) is 0 Å². The Bertz CT molecular complexity index is 768. The van der Waals surface area contributed by atoms with Gasteiger partial charge in [-0.2, -0.15) is 0 Å². The average molecular weight is 362 g/mol. The van der Waals surface area contributed by atoms with Gasteiger partial charge in [0.1, 0.15) is 11.9 Å². The molecule has 0 spiro atoms. The molecule has 4 heterocycles. The van der Waals surface area contributed by atoms with Crippen molar-refractivity contribution in [1.29, 1.82) is 0 Å². The molecule has 2 unspecified atom stereocenters. The van der Waals surface area contributed by atoms with Crippen LogP contribution in [0.3, 0.4) is 0 Å². The number of fused-ring (bicyclic) bond motifs is 3. The number of halogens is 1. The van der Waals surface area contributed by atoms with Gasteiger partial charge in [0, 0.05) is 17.1 Å². The summed E-state index contributed by atoms with van der Waals surface area (Å²) in [7, 11) is 0. The van der Waals surface area contributed by atoms with E-state index in [1.54, 1.807) is 24.3 Å². The van der Waals surface area contributed by atoms with E-state index in [4.69, 9.17) is 20.8 Å². The quantitative estimate of drug-likeness (QED) is 0.904. The van der Waals surface area contributed by atoms with Crippen molar-refractivity contribution in [3.63, 3.8) is 0 Å². The summed E-state index contributed by atoms with van der Waals surface area (Å²) in [4.78, 5) is 19.0. The number of rotatable bonds is 4. The van der Waals surface area contributed by atoms with E-state index in [9.17, 15) is 4.79 Å². The van der Waals surface area contributed by atoms with Gasteiger partial charge in [0.15, 0.2) is 0 Å². The van der Waals surface area contributed by atoms with E-state index < -0.39 is 0 Å². The maximum absolute atomic E-state index is 12.5. The number of oxazole rings is 1. The van der Waals surface area contributed by atoms with Gasteiger partial charge in [0.05, 0.1) is 0 Å². The summed E-state index contributed by atoms with van der Waals surface area (Å²) >= 11 is 5.93. The number of carbonyl (C=O) groups excluding carboxylic acids is 1. The van der Waals surface area contributed by atoms with Gasteiger partial charge in [-0.25, -0.2) is 4.98 Å². The van der Waals surface area contributed by atoms with E-state index in [0.717, 1.165) is 25.9 Å². The number of hydrogen-bond donors (Lipinski definition) is 1. The van der Waals surface area contributed by atoms with Crippen LogP contribution in [0.15, 0.2) is 34.9 Å². The predicted octanol–water partition coefficient (Wildman–Crippen LogP) is 3.33. The normalized spacial score (nSPS) is 27.9. The summed E-state index contributed by atoms with van der Waals surface area (Å²) in [6, 6.07) is 7.42. The van der Waals surface area contributed by atoms with Crippen molar-refractivity contribution in [2.75, 3.05) is 13.1 Å². The number of nitrogens with zero attached hydrogens (tertiary/aromatic N) is 2. The van der Waals surface area contributed by atoms with Crippen LogP contribution in [0.2, 0.25) is 5.02 Å². The highest BCUT2D eigenvalue weighted by Crippen LogP contribution is 2.32. The molecule has 132 valence electrons. The molecule has 25 heavy (non-hydrogen) atoms. The molecule has 3 aliphatic heterocycles. The number of benzene rings is 1. The van der Waals surface area contributed by atoms with E-state index >= 15 is 0 Å². The number of piperidine rings is 3. The van der Waals surface area contributed by atoms with Crippen LogP contribution in [0.4, 0.5) is 0 Å². The summed E-state index contributed by atoms with van der Waals surface area (Å²) in [6.07, 6.45) is 3.66. The third-order valence-corrected chi connectivity index (χ3v) is 5.40. The number of hydrogen-bond acceptors (Lipinski definition) is 5. The lowest BCUT2D eigenvalue weighted by Gasteiger charge is -2.49. The molecule has 1 aromatic heterocycles. The fraction of sp³-hybridized carbons (Fsp3) is 0.444. The zero-order chi connectivity index (χ0) is 17.4. The van der Waals surface area contributed by atoms with Gasteiger partial charge < -0.3 is 14.5 Å². The third kappa shape index (κ3) is 3.37. The Morgan fingerprint density at radius 3 is 2.92 bits per heavy atom. The first-order valence-corrected chi connectivity index (χ1v) is 8.92. The molecular formula is C18H20ClN3O3. The van der Waals surface area contributed by atoms with Gasteiger partial charge in [-0.1, -0.05) is 17.7 Å². The summed E-state index contributed by atoms with van der Waals surface area (Å²) in [5, 5.41) is 3.65. The fourth-order valence-electron chi connectivity index (χ4n) is 3.82. The molecule has 3 saturated heterocycles. The maximum Gasteiger partial charge on any atom is 0.311 e. The second-order valence-corrected chi connectivity index (χ2v) is 7.09. The SMILES string of the molecule is CC1C(NC(=O)c2ncc(Oc3cccc(Cl)c3)o2)C2CCN1CC2. The Balaban J connectivity index is 1.42. The van der Waals surface area contributed by atoms with E-state index in [0.29, 0.717) is 22.7 Å². The van der Waals surface area contributed by atoms with Gasteiger partial charge in [-0.05, 0) is 57.0 Å². The molecule has 2 atom stereocenters. The van der Waals surface area contributed by atoms with Gasteiger partial charge in [-0.15, -0.1) is 0 Å². The molecule has 2 bridgehead atoms. The Kier molecular flexibility index (Phi) is 4.39. The molecule has 5 rings (SSSR count). The first-order valence-electron chi connectivity index (χ1n) is 8.54. The first kappa shape index (κ1) is 16.4. The summed E-state index contributed by atoms with van der Waals surface area (Å²) < 4.78 is 11.0. The van der Waals surface area contributed by atoms with Gasteiger partial charge in [0.25, 0.3) is 5.89 Å². The molecule has 6 nitrogen and oxygen atoms in total. The van der Waals surface area contributed by atoms with Crippen LogP contribution in [0.1, 0.15) is 30.5 Å². The Morgan fingerprint density at radius 2 is 2.20 bits per heavy atom. The van der Waals surface area contributed by atoms with Crippen molar-refractivity contribution in [2.45, 2.75) is 31.8 Å². The zero-order valence-electron chi connectivity index (χ0n) is 13.9. The number of nitrogens with one attached hydrogen (secondary N) is 1. The van der Waals surface area contributed by atoms with E-state index in [1.165, 1.54) is 6.20 Å². The topological polar surface area (TPSA) is 67.6 Å². The number of amides is 1. The molecule has 0 saturated carbocycles. The highest BCUT2D eigenvalue weighted by molar-refractivity contribution is 6.30. The van der Waals surface area contributed by atoms with E-state index in [1.807, 2.05) is 0 Å². The molecule has 3 aliphatic rings. The maximum atomic E-state index is 12.5. The van der Waals surface area contributed by atoms with Crippen molar-refractivity contribution >= 4 is 17.5 Å². The monoisotopic (exact) mass is 361 g/mol. The fourth-order valence-corrected chi connectivity index (χ4v) is 4.00. The van der Waals surface area contributed by atoms with Crippen LogP contribution in [0.25, 0.3) is 0 Å². The van der Waals surface area contributed by atoms with E-state index in [-0.39, 0.29) is 23.8 Å². The highest BCUT2D eigenvalue weighted by atomic mass is 35.5. The van der Waals surface area contributed by atoms with Crippen molar-refractivity contribution < 1.29 is 13.9 Å². The number of aromatic nitrogens is 1. The summed E-state index contributed by atoms with van der Waals surface area (Å²) in [5.74, 6) is 0.935. The lowest BCUT2D eigenvalue weighted by molar-refractivity contribution is 0.0209. The lowest BCUT2D eigenvalue weighted by atomic mass is 9.79. The minimum absolute atomic E-state index is 0.0145. The molecule has 1 amide bonds.